The van der Waals surface area contributed by atoms with E-state index in [0.717, 1.165) is 77.0 Å². The summed E-state index contributed by atoms with van der Waals surface area (Å²) in [6, 6.07) is 0. The van der Waals surface area contributed by atoms with Crippen LogP contribution in [0.15, 0.2) is 97.2 Å². The Labute approximate surface area is 370 Å². The van der Waals surface area contributed by atoms with Crippen LogP contribution in [0.4, 0.5) is 0 Å². The Morgan fingerprint density at radius 3 is 1.67 bits per heavy atom. The molecule has 1 fully saturated rings. The lowest BCUT2D eigenvalue weighted by atomic mass is 10.1. The summed E-state index contributed by atoms with van der Waals surface area (Å²) in [6.45, 7) is 3.94. The van der Waals surface area contributed by atoms with Crippen molar-refractivity contribution in [1.29, 1.82) is 0 Å². The molecule has 0 aromatic heterocycles. The zero-order valence-electron chi connectivity index (χ0n) is 38.5. The van der Waals surface area contributed by atoms with E-state index in [0.29, 0.717) is 42.5 Å². The third-order valence-electron chi connectivity index (χ3n) is 9.49. The van der Waals surface area contributed by atoms with Crippen molar-refractivity contribution in [3.05, 3.63) is 97.2 Å². The van der Waals surface area contributed by atoms with Crippen LogP contribution in [0.2, 0.25) is 0 Å². The van der Waals surface area contributed by atoms with Crippen LogP contribution >= 0.6 is 7.82 Å². The van der Waals surface area contributed by atoms with E-state index >= 15 is 0 Å². The standard InChI is InChI=1S/C50H82NO9P/c1-6-8-10-12-14-15-16-17-18-19-20-21-22-23-24-25-28-33-37-41-50(53)59-46(45-58-61(54,55)57-43-42-51(3,4)5)44-56-49(52)40-36-32-29-26-27-31-35-39-48-47(60-48)38-34-30-13-11-9-7-2/h8,10,14-15,17-18,20-21,23-24,26,29-31,34-35,46-48H,6-7,9,11-13,16,19,22,25,27-28,32-33,36-45H2,1-5H3/b10-8-,15-14-,18-17-,21-20-,24-23-,29-26-,34-30-,35-31-/t46-,47?,48?/m1/s1. The maximum absolute atomic E-state index is 12.7. The van der Waals surface area contributed by atoms with Gasteiger partial charge in [0.15, 0.2) is 6.10 Å². The van der Waals surface area contributed by atoms with E-state index in [1.165, 1.54) is 19.3 Å². The number of ether oxygens (including phenoxy) is 3. The molecule has 0 N–H and O–H groups in total. The molecule has 0 amide bonds. The van der Waals surface area contributed by atoms with Crippen molar-refractivity contribution in [3.63, 3.8) is 0 Å². The number of epoxide rings is 1. The highest BCUT2D eigenvalue weighted by Crippen LogP contribution is 2.38. The molecule has 1 rings (SSSR count). The number of phosphoric acid groups is 1. The van der Waals surface area contributed by atoms with Gasteiger partial charge in [-0.2, -0.15) is 0 Å². The molecule has 346 valence electrons. The average Bonchev–Trinajstić information content (AvgIpc) is 3.97. The minimum atomic E-state index is -4.66. The number of unbranched alkanes of at least 4 members (excludes halogenated alkanes) is 7. The highest BCUT2D eigenvalue weighted by molar-refractivity contribution is 7.45. The Kier molecular flexibility index (Phi) is 34.3. The van der Waals surface area contributed by atoms with Gasteiger partial charge in [0.05, 0.1) is 40.0 Å². The summed E-state index contributed by atoms with van der Waals surface area (Å²) in [5.41, 5.74) is 0. The molecular formula is C50H82NO9P. The number of carbonyl (C=O) groups is 2. The van der Waals surface area contributed by atoms with Crippen LogP contribution < -0.4 is 4.89 Å². The van der Waals surface area contributed by atoms with Gasteiger partial charge in [0.25, 0.3) is 7.82 Å². The van der Waals surface area contributed by atoms with Gasteiger partial charge in [-0.1, -0.05) is 130 Å². The first-order chi connectivity index (χ1) is 29.5. The number of carbonyl (C=O) groups excluding carboxylic acids is 2. The molecule has 1 heterocycles. The zero-order valence-corrected chi connectivity index (χ0v) is 39.4. The van der Waals surface area contributed by atoms with Crippen LogP contribution in [0.5, 0.6) is 0 Å². The van der Waals surface area contributed by atoms with Crippen molar-refractivity contribution < 1.29 is 46.8 Å². The summed E-state index contributed by atoms with van der Waals surface area (Å²) < 4.78 is 39.6. The molecule has 1 aliphatic rings. The normalized spacial score (nSPS) is 17.7. The minimum absolute atomic E-state index is 0.0543. The molecule has 4 atom stereocenters. The van der Waals surface area contributed by atoms with Crippen LogP contribution in [0.3, 0.4) is 0 Å². The Hall–Kier alpha value is -3.11. The van der Waals surface area contributed by atoms with Gasteiger partial charge in [0.1, 0.15) is 19.8 Å². The molecule has 11 heteroatoms. The fraction of sp³-hybridized carbons (Fsp3) is 0.640. The maximum Gasteiger partial charge on any atom is 0.306 e. The molecule has 0 radical (unpaired) electrons. The summed E-state index contributed by atoms with van der Waals surface area (Å²) in [4.78, 5) is 37.6. The molecule has 0 spiro atoms. The van der Waals surface area contributed by atoms with Crippen LogP contribution in [0.25, 0.3) is 0 Å². The number of allylic oxidation sites excluding steroid dienone is 14. The smallest absolute Gasteiger partial charge is 0.306 e. The number of likely N-dealkylation sites (N-methyl/N-ethyl adjacent to an activating group) is 1. The third-order valence-corrected chi connectivity index (χ3v) is 10.5. The van der Waals surface area contributed by atoms with Crippen molar-refractivity contribution in [2.45, 2.75) is 161 Å². The summed E-state index contributed by atoms with van der Waals surface area (Å²) in [6.07, 6.45) is 51.8. The van der Waals surface area contributed by atoms with Crippen LogP contribution in [0.1, 0.15) is 142 Å². The lowest BCUT2D eigenvalue weighted by Gasteiger charge is -2.28. The molecular weight excluding hydrogens is 790 g/mol. The van der Waals surface area contributed by atoms with Gasteiger partial charge < -0.3 is 32.6 Å². The first-order valence-electron chi connectivity index (χ1n) is 23.1. The first kappa shape index (κ1) is 55.9. The molecule has 1 saturated heterocycles. The van der Waals surface area contributed by atoms with Gasteiger partial charge in [-0.15, -0.1) is 0 Å². The van der Waals surface area contributed by atoms with Gasteiger partial charge in [-0.3, -0.25) is 14.2 Å². The minimum Gasteiger partial charge on any atom is -0.756 e. The van der Waals surface area contributed by atoms with E-state index in [1.54, 1.807) is 0 Å². The largest absolute Gasteiger partial charge is 0.756 e. The quantitative estimate of drug-likeness (QED) is 0.0148. The number of nitrogens with zero attached hydrogens (tertiary/aromatic N) is 1. The summed E-state index contributed by atoms with van der Waals surface area (Å²) >= 11 is 0. The first-order valence-corrected chi connectivity index (χ1v) is 24.5. The van der Waals surface area contributed by atoms with Gasteiger partial charge in [-0.05, 0) is 96.3 Å². The van der Waals surface area contributed by atoms with Crippen LogP contribution in [-0.2, 0) is 37.4 Å². The molecule has 0 aromatic carbocycles. The van der Waals surface area contributed by atoms with Crippen LogP contribution in [0, 0.1) is 0 Å². The summed E-state index contributed by atoms with van der Waals surface area (Å²) in [5, 5.41) is 0. The zero-order chi connectivity index (χ0) is 44.7. The molecule has 0 saturated carbocycles. The summed E-state index contributed by atoms with van der Waals surface area (Å²) in [5.74, 6) is -0.955. The fourth-order valence-electron chi connectivity index (χ4n) is 5.77. The number of phosphoric ester groups is 1. The topological polar surface area (TPSA) is 124 Å². The predicted octanol–water partition coefficient (Wildman–Crippen LogP) is 11.7. The van der Waals surface area contributed by atoms with E-state index < -0.39 is 32.5 Å². The average molecular weight is 872 g/mol. The van der Waals surface area contributed by atoms with E-state index in [-0.39, 0.29) is 26.1 Å². The molecule has 0 bridgehead atoms. The third kappa shape index (κ3) is 38.3. The van der Waals surface area contributed by atoms with Gasteiger partial charge in [0.2, 0.25) is 0 Å². The highest BCUT2D eigenvalue weighted by atomic mass is 31.2. The number of hydrogen-bond acceptors (Lipinski definition) is 9. The van der Waals surface area contributed by atoms with E-state index in [1.807, 2.05) is 27.2 Å². The molecule has 10 nitrogen and oxygen atoms in total. The van der Waals surface area contributed by atoms with Gasteiger partial charge >= 0.3 is 11.9 Å². The van der Waals surface area contributed by atoms with E-state index in [9.17, 15) is 19.0 Å². The van der Waals surface area contributed by atoms with Crippen molar-refractivity contribution in [2.24, 2.45) is 0 Å². The SMILES string of the molecule is CC/C=C\C/C=C\C/C=C\C/C=C\C/C=C\CCCCCC(=O)O[C@H](COC(=O)CCC/C=C\C/C=C\CC1OC1C/C=C\CCCCC)COP(=O)([O-])OCC[N+](C)(C)C. The number of esters is 2. The second-order valence-corrected chi connectivity index (χ2v) is 17.8. The second kappa shape index (κ2) is 37.4. The number of quaternary nitrogens is 1. The molecule has 61 heavy (non-hydrogen) atoms. The number of hydrogen-bond donors (Lipinski definition) is 0. The monoisotopic (exact) mass is 872 g/mol. The maximum atomic E-state index is 12.7. The van der Waals surface area contributed by atoms with Crippen LogP contribution in [-0.4, -0.2) is 82.2 Å². The van der Waals surface area contributed by atoms with E-state index in [2.05, 4.69) is 105 Å². The highest BCUT2D eigenvalue weighted by Gasteiger charge is 2.36. The summed E-state index contributed by atoms with van der Waals surface area (Å²) in [7, 11) is 1.09. The second-order valence-electron chi connectivity index (χ2n) is 16.4. The van der Waals surface area contributed by atoms with Crippen molar-refractivity contribution in [1.82, 2.24) is 0 Å². The molecule has 3 unspecified atom stereocenters. The Morgan fingerprint density at radius 2 is 1.10 bits per heavy atom. The Bertz CT molecular complexity index is 1420. The number of rotatable bonds is 39. The van der Waals surface area contributed by atoms with Crippen molar-refractivity contribution in [2.75, 3.05) is 47.5 Å². The molecule has 1 aliphatic heterocycles. The molecule has 0 aliphatic carbocycles. The fourth-order valence-corrected chi connectivity index (χ4v) is 6.50. The lowest BCUT2D eigenvalue weighted by molar-refractivity contribution is -0.870. The molecule has 0 aromatic rings. The predicted molar refractivity (Wildman–Crippen MR) is 249 cm³/mol. The van der Waals surface area contributed by atoms with Gasteiger partial charge in [-0.25, -0.2) is 0 Å². The Balaban J connectivity index is 2.35. The van der Waals surface area contributed by atoms with Crippen molar-refractivity contribution in [3.8, 4) is 0 Å². The lowest BCUT2D eigenvalue weighted by Crippen LogP contribution is -2.37. The van der Waals surface area contributed by atoms with Gasteiger partial charge in [0, 0.05) is 12.8 Å². The van der Waals surface area contributed by atoms with Crippen molar-refractivity contribution >= 4 is 19.8 Å². The Morgan fingerprint density at radius 1 is 0.607 bits per heavy atom. The van der Waals surface area contributed by atoms with E-state index in [4.69, 9.17) is 23.3 Å².